The molecule has 0 N–H and O–H groups in total. The molecule has 0 amide bonds. The third-order valence-electron chi connectivity index (χ3n) is 6.27. The van der Waals surface area contributed by atoms with Crippen molar-refractivity contribution >= 4 is 5.97 Å². The maximum atomic E-state index is 12.3. The minimum absolute atomic E-state index is 0.0608. The van der Waals surface area contributed by atoms with Crippen LogP contribution in [0.5, 0.6) is 17.2 Å². The first kappa shape index (κ1) is 28.0. The van der Waals surface area contributed by atoms with Gasteiger partial charge in [-0.25, -0.2) is 4.79 Å². The van der Waals surface area contributed by atoms with Crippen LogP contribution in [0.2, 0.25) is 0 Å². The topological polar surface area (TPSA) is 54.0 Å². The van der Waals surface area contributed by atoms with E-state index in [-0.39, 0.29) is 12.0 Å². The van der Waals surface area contributed by atoms with E-state index in [1.165, 1.54) is 50.7 Å². The molecule has 0 saturated heterocycles. The molecule has 0 unspecified atom stereocenters. The minimum Gasteiger partial charge on any atom is -0.493 e. The Balaban J connectivity index is 1.99. The Morgan fingerprint density at radius 1 is 1.00 bits per heavy atom. The molecule has 0 fully saturated rings. The van der Waals surface area contributed by atoms with Crippen molar-refractivity contribution in [3.63, 3.8) is 0 Å². The molecule has 1 aromatic rings. The van der Waals surface area contributed by atoms with Crippen molar-refractivity contribution in [1.82, 2.24) is 0 Å². The van der Waals surface area contributed by atoms with Gasteiger partial charge in [0.1, 0.15) is 6.61 Å². The molecular weight excluding hydrogens is 440 g/mol. The van der Waals surface area contributed by atoms with Crippen LogP contribution in [0.3, 0.4) is 0 Å². The first-order valence-electron chi connectivity index (χ1n) is 12.0. The molecule has 5 nitrogen and oxygen atoms in total. The van der Waals surface area contributed by atoms with E-state index in [4.69, 9.17) is 18.9 Å². The summed E-state index contributed by atoms with van der Waals surface area (Å²) in [5.74, 6) is 1.07. The summed E-state index contributed by atoms with van der Waals surface area (Å²) in [7, 11) is 4.63. The smallest absolute Gasteiger partial charge is 0.331 e. The Hall–Kier alpha value is -3.21. The molecule has 1 aromatic carbocycles. The van der Waals surface area contributed by atoms with Crippen LogP contribution in [0.15, 0.2) is 70.9 Å². The zero-order chi connectivity index (χ0) is 26.0. The van der Waals surface area contributed by atoms with Crippen molar-refractivity contribution in [2.24, 2.45) is 5.41 Å². The number of rotatable bonds is 10. The van der Waals surface area contributed by atoms with Gasteiger partial charge in [0.05, 0.1) is 21.3 Å². The second-order valence-electron chi connectivity index (χ2n) is 9.52. The van der Waals surface area contributed by atoms with Gasteiger partial charge in [-0.1, -0.05) is 55.4 Å². The monoisotopic (exact) mass is 480 g/mol. The largest absolute Gasteiger partial charge is 0.493 e. The molecule has 0 atom stereocenters. The summed E-state index contributed by atoms with van der Waals surface area (Å²) in [6, 6.07) is 3.54. The van der Waals surface area contributed by atoms with E-state index >= 15 is 0 Å². The Morgan fingerprint density at radius 3 is 2.34 bits per heavy atom. The molecule has 0 spiro atoms. The summed E-state index contributed by atoms with van der Waals surface area (Å²) in [5.41, 5.74) is 5.81. The lowest BCUT2D eigenvalue weighted by molar-refractivity contribution is -0.139. The SMILES string of the molecule is COc1ccc(COC(=O)/C=C(C)/C=C/C=C(C)/C=C/C2=C(C)CCCC2(C)C)c(OC)c1OC. The quantitative estimate of drug-likeness (QED) is 0.200. The molecule has 190 valence electrons. The predicted octanol–water partition coefficient (Wildman–Crippen LogP) is 7.29. The van der Waals surface area contributed by atoms with Gasteiger partial charge in [0.15, 0.2) is 11.5 Å². The first-order chi connectivity index (χ1) is 16.6. The highest BCUT2D eigenvalue weighted by atomic mass is 16.5. The van der Waals surface area contributed by atoms with Gasteiger partial charge in [-0.15, -0.1) is 0 Å². The lowest BCUT2D eigenvalue weighted by atomic mass is 9.72. The molecular formula is C30H40O5. The Morgan fingerprint density at radius 2 is 1.71 bits per heavy atom. The number of hydrogen-bond acceptors (Lipinski definition) is 5. The van der Waals surface area contributed by atoms with Gasteiger partial charge < -0.3 is 18.9 Å². The fourth-order valence-electron chi connectivity index (χ4n) is 4.33. The Labute approximate surface area is 210 Å². The van der Waals surface area contributed by atoms with Crippen LogP contribution >= 0.6 is 0 Å². The lowest BCUT2D eigenvalue weighted by Gasteiger charge is -2.32. The molecule has 35 heavy (non-hydrogen) atoms. The predicted molar refractivity (Wildman–Crippen MR) is 142 cm³/mol. The average molecular weight is 481 g/mol. The van der Waals surface area contributed by atoms with E-state index in [1.54, 1.807) is 19.2 Å². The van der Waals surface area contributed by atoms with Crippen molar-refractivity contribution < 1.29 is 23.7 Å². The van der Waals surface area contributed by atoms with Crippen molar-refractivity contribution in [2.75, 3.05) is 21.3 Å². The molecule has 1 aliphatic carbocycles. The fourth-order valence-corrected chi connectivity index (χ4v) is 4.33. The molecule has 5 heteroatoms. The van der Waals surface area contributed by atoms with E-state index in [0.717, 1.165) is 11.1 Å². The van der Waals surface area contributed by atoms with Gasteiger partial charge in [-0.3, -0.25) is 0 Å². The van der Waals surface area contributed by atoms with Gasteiger partial charge in [-0.05, 0) is 68.7 Å². The third-order valence-corrected chi connectivity index (χ3v) is 6.27. The van der Waals surface area contributed by atoms with Crippen LogP contribution in [-0.2, 0) is 16.1 Å². The highest BCUT2D eigenvalue weighted by Gasteiger charge is 2.26. The van der Waals surface area contributed by atoms with E-state index in [1.807, 2.05) is 25.2 Å². The van der Waals surface area contributed by atoms with E-state index in [0.29, 0.717) is 22.8 Å². The van der Waals surface area contributed by atoms with Crippen LogP contribution in [0, 0.1) is 5.41 Å². The molecule has 0 aliphatic heterocycles. The molecule has 0 heterocycles. The Kier molecular flexibility index (Phi) is 10.4. The van der Waals surface area contributed by atoms with Gasteiger partial charge >= 0.3 is 5.97 Å². The van der Waals surface area contributed by atoms with Crippen molar-refractivity contribution in [1.29, 1.82) is 0 Å². The second-order valence-corrected chi connectivity index (χ2v) is 9.52. The van der Waals surface area contributed by atoms with E-state index < -0.39 is 5.97 Å². The Bertz CT molecular complexity index is 1050. The number of hydrogen-bond donors (Lipinski definition) is 0. The van der Waals surface area contributed by atoms with Gasteiger partial charge in [0.25, 0.3) is 0 Å². The summed E-state index contributed by atoms with van der Waals surface area (Å²) >= 11 is 0. The fraction of sp³-hybridized carbons (Fsp3) is 0.433. The molecule has 2 rings (SSSR count). The molecule has 0 bridgehead atoms. The third kappa shape index (κ3) is 7.91. The van der Waals surface area contributed by atoms with Crippen LogP contribution in [-0.4, -0.2) is 27.3 Å². The number of ether oxygens (including phenoxy) is 4. The standard InChI is InChI=1S/C30H40O5/c1-21(14-16-25-23(3)13-10-18-30(25,4)5)11-9-12-22(2)19-27(31)35-20-24-15-17-26(32-6)29(34-8)28(24)33-7/h9,11-12,14-17,19H,10,13,18,20H2,1-8H3/b12-9+,16-14+,21-11+,22-19+. The van der Waals surface area contributed by atoms with Gasteiger partial charge in [0, 0.05) is 11.6 Å². The first-order valence-corrected chi connectivity index (χ1v) is 12.0. The highest BCUT2D eigenvalue weighted by Crippen LogP contribution is 2.41. The summed E-state index contributed by atoms with van der Waals surface area (Å²) in [4.78, 5) is 12.3. The van der Waals surface area contributed by atoms with Crippen LogP contribution < -0.4 is 14.2 Å². The van der Waals surface area contributed by atoms with Crippen LogP contribution in [0.25, 0.3) is 0 Å². The average Bonchev–Trinajstić information content (AvgIpc) is 2.81. The number of methoxy groups -OCH3 is 3. The zero-order valence-corrected chi connectivity index (χ0v) is 22.5. The number of esters is 1. The van der Waals surface area contributed by atoms with E-state index in [9.17, 15) is 4.79 Å². The molecule has 1 aliphatic rings. The lowest BCUT2D eigenvalue weighted by Crippen LogP contribution is -2.19. The molecule has 0 saturated carbocycles. The highest BCUT2D eigenvalue weighted by molar-refractivity contribution is 5.83. The number of carbonyl (C=O) groups is 1. The van der Waals surface area contributed by atoms with Crippen molar-refractivity contribution in [3.8, 4) is 17.2 Å². The van der Waals surface area contributed by atoms with Crippen molar-refractivity contribution in [2.45, 2.75) is 60.5 Å². The summed E-state index contributed by atoms with van der Waals surface area (Å²) in [6.45, 7) is 10.9. The summed E-state index contributed by atoms with van der Waals surface area (Å²) < 4.78 is 21.5. The number of carbonyl (C=O) groups excluding carboxylic acids is 1. The van der Waals surface area contributed by atoms with Crippen molar-refractivity contribution in [3.05, 3.63) is 76.4 Å². The van der Waals surface area contributed by atoms with Crippen LogP contribution in [0.1, 0.15) is 59.4 Å². The van der Waals surface area contributed by atoms with Gasteiger partial charge in [0.2, 0.25) is 5.75 Å². The minimum atomic E-state index is -0.425. The van der Waals surface area contributed by atoms with E-state index in [2.05, 4.69) is 39.8 Å². The molecule has 0 aromatic heterocycles. The van der Waals surface area contributed by atoms with Gasteiger partial charge in [-0.2, -0.15) is 0 Å². The zero-order valence-electron chi connectivity index (χ0n) is 22.5. The maximum absolute atomic E-state index is 12.3. The van der Waals surface area contributed by atoms with Crippen LogP contribution in [0.4, 0.5) is 0 Å². The summed E-state index contributed by atoms with van der Waals surface area (Å²) in [5, 5.41) is 0. The second kappa shape index (κ2) is 13.0. The maximum Gasteiger partial charge on any atom is 0.331 e. The molecule has 0 radical (unpaired) electrons. The number of allylic oxidation sites excluding steroid dienone is 9. The normalized spacial score (nSPS) is 16.7. The summed E-state index contributed by atoms with van der Waals surface area (Å²) in [6.07, 6.45) is 15.5. The number of benzene rings is 1.